The Balaban J connectivity index is 1.77. The number of aryl methyl sites for hydroxylation is 1. The highest BCUT2D eigenvalue weighted by atomic mass is 16.4. The maximum Gasteiger partial charge on any atom is 0.233 e. The highest BCUT2D eigenvalue weighted by Crippen LogP contribution is 2.35. The summed E-state index contributed by atoms with van der Waals surface area (Å²) < 4.78 is 5.60. The molecule has 6 heteroatoms. The number of likely N-dealkylation sites (tertiary alicyclic amines) is 2. The van der Waals surface area contributed by atoms with Crippen LogP contribution in [-0.2, 0) is 4.79 Å². The zero-order chi connectivity index (χ0) is 15.0. The molecule has 0 aromatic carbocycles. The molecule has 116 valence electrons. The summed E-state index contributed by atoms with van der Waals surface area (Å²) in [7, 11) is 0. The Kier molecular flexibility index (Phi) is 3.97. The number of aromatic nitrogens is 2. The van der Waals surface area contributed by atoms with Crippen LogP contribution in [0.15, 0.2) is 4.42 Å². The fraction of sp³-hybridized carbons (Fsp3) is 0.800. The van der Waals surface area contributed by atoms with E-state index < -0.39 is 0 Å². The maximum atomic E-state index is 11.8. The summed E-state index contributed by atoms with van der Waals surface area (Å²) in [5.41, 5.74) is 0. The van der Waals surface area contributed by atoms with E-state index in [0.717, 1.165) is 32.4 Å². The van der Waals surface area contributed by atoms with E-state index in [9.17, 15) is 4.79 Å². The van der Waals surface area contributed by atoms with Crippen LogP contribution in [0.5, 0.6) is 0 Å². The molecule has 21 heavy (non-hydrogen) atoms. The first-order valence-electron chi connectivity index (χ1n) is 7.91. The largest absolute Gasteiger partial charge is 0.424 e. The molecule has 2 aliphatic rings. The summed E-state index contributed by atoms with van der Waals surface area (Å²) in [6.45, 7) is 7.56. The van der Waals surface area contributed by atoms with Crippen LogP contribution in [0.3, 0.4) is 0 Å². The van der Waals surface area contributed by atoms with Crippen LogP contribution in [0, 0.1) is 6.92 Å². The van der Waals surface area contributed by atoms with E-state index in [1.54, 1.807) is 6.92 Å². The van der Waals surface area contributed by atoms with Crippen LogP contribution >= 0.6 is 0 Å². The van der Waals surface area contributed by atoms with Crippen molar-refractivity contribution in [2.24, 2.45) is 0 Å². The lowest BCUT2D eigenvalue weighted by atomic mass is 10.0. The summed E-state index contributed by atoms with van der Waals surface area (Å²) in [5.74, 6) is 1.50. The van der Waals surface area contributed by atoms with Crippen molar-refractivity contribution in [1.82, 2.24) is 20.0 Å². The molecule has 1 aromatic heterocycles. The molecule has 0 radical (unpaired) electrons. The molecule has 1 aromatic rings. The third kappa shape index (κ3) is 2.69. The van der Waals surface area contributed by atoms with E-state index in [1.807, 2.05) is 6.92 Å². The zero-order valence-electron chi connectivity index (χ0n) is 13.1. The second-order valence-corrected chi connectivity index (χ2v) is 6.20. The van der Waals surface area contributed by atoms with Gasteiger partial charge in [0.15, 0.2) is 0 Å². The molecule has 3 heterocycles. The van der Waals surface area contributed by atoms with Gasteiger partial charge in [-0.2, -0.15) is 0 Å². The Hall–Kier alpha value is -1.43. The molecule has 0 aliphatic carbocycles. The quantitative estimate of drug-likeness (QED) is 0.851. The van der Waals surface area contributed by atoms with Gasteiger partial charge in [-0.15, -0.1) is 10.2 Å². The number of hydrogen-bond acceptors (Lipinski definition) is 5. The van der Waals surface area contributed by atoms with E-state index >= 15 is 0 Å². The molecule has 3 rings (SSSR count). The second kappa shape index (κ2) is 5.75. The topological polar surface area (TPSA) is 62.5 Å². The van der Waals surface area contributed by atoms with E-state index in [4.69, 9.17) is 4.42 Å². The molecule has 0 N–H and O–H groups in total. The minimum atomic E-state index is 0.119. The molecular formula is C15H24N4O2. The van der Waals surface area contributed by atoms with Gasteiger partial charge < -0.3 is 9.32 Å². The molecule has 2 saturated heterocycles. The second-order valence-electron chi connectivity index (χ2n) is 6.20. The smallest absolute Gasteiger partial charge is 0.233 e. The number of hydrogen-bond donors (Lipinski definition) is 0. The fourth-order valence-corrected chi connectivity index (χ4v) is 3.91. The lowest BCUT2D eigenvalue weighted by Crippen LogP contribution is -2.48. The van der Waals surface area contributed by atoms with Gasteiger partial charge in [-0.25, -0.2) is 0 Å². The van der Waals surface area contributed by atoms with Crippen molar-refractivity contribution < 1.29 is 9.21 Å². The first-order valence-corrected chi connectivity index (χ1v) is 7.91. The third-order valence-corrected chi connectivity index (χ3v) is 4.89. The number of rotatable bonds is 3. The Morgan fingerprint density at radius 3 is 2.62 bits per heavy atom. The molecule has 3 atom stereocenters. The molecule has 2 fully saturated rings. The van der Waals surface area contributed by atoms with Gasteiger partial charge in [0.25, 0.3) is 0 Å². The lowest BCUT2D eigenvalue weighted by molar-refractivity contribution is -0.130. The van der Waals surface area contributed by atoms with Crippen molar-refractivity contribution in [1.29, 1.82) is 0 Å². The van der Waals surface area contributed by atoms with Gasteiger partial charge in [0.2, 0.25) is 17.7 Å². The van der Waals surface area contributed by atoms with Crippen LogP contribution in [0.25, 0.3) is 0 Å². The summed E-state index contributed by atoms with van der Waals surface area (Å²) in [6, 6.07) is 0.878. The Labute approximate surface area is 125 Å². The predicted octanol–water partition coefficient (Wildman–Crippen LogP) is 1.91. The van der Waals surface area contributed by atoms with Crippen LogP contribution in [0.4, 0.5) is 0 Å². The molecule has 0 bridgehead atoms. The van der Waals surface area contributed by atoms with Gasteiger partial charge in [0.1, 0.15) is 0 Å². The van der Waals surface area contributed by atoms with E-state index in [1.165, 1.54) is 6.42 Å². The van der Waals surface area contributed by atoms with Gasteiger partial charge in [-0.1, -0.05) is 0 Å². The van der Waals surface area contributed by atoms with Gasteiger partial charge >= 0.3 is 0 Å². The molecule has 1 amide bonds. The van der Waals surface area contributed by atoms with Crippen LogP contribution in [-0.4, -0.2) is 51.1 Å². The molecule has 0 saturated carbocycles. The van der Waals surface area contributed by atoms with E-state index in [0.29, 0.717) is 23.9 Å². The molecule has 2 aliphatic heterocycles. The average molecular weight is 292 g/mol. The van der Waals surface area contributed by atoms with Crippen LogP contribution < -0.4 is 0 Å². The van der Waals surface area contributed by atoms with Gasteiger partial charge in [0, 0.05) is 32.5 Å². The van der Waals surface area contributed by atoms with Crippen molar-refractivity contribution in [3.05, 3.63) is 11.8 Å². The standard InChI is InChI=1S/C15H24N4O2/c1-10(15-17-16-11(2)21-15)18-8-4-6-13(18)14-7-5-9-19(14)12(3)20/h10,13-14H,4-9H2,1-3H3/t10-,13-,14-/m1/s1. The third-order valence-electron chi connectivity index (χ3n) is 4.89. The first-order chi connectivity index (χ1) is 10.1. The van der Waals surface area contributed by atoms with Crippen molar-refractivity contribution >= 4 is 5.91 Å². The summed E-state index contributed by atoms with van der Waals surface area (Å²) in [5, 5.41) is 8.10. The average Bonchev–Trinajstić information content (AvgIpc) is 3.16. The Morgan fingerprint density at radius 1 is 1.24 bits per heavy atom. The minimum Gasteiger partial charge on any atom is -0.424 e. The van der Waals surface area contributed by atoms with Gasteiger partial charge in [-0.3, -0.25) is 9.69 Å². The van der Waals surface area contributed by atoms with Gasteiger partial charge in [0.05, 0.1) is 6.04 Å². The number of amides is 1. The summed E-state index contributed by atoms with van der Waals surface area (Å²) in [4.78, 5) is 16.3. The molecule has 0 spiro atoms. The highest BCUT2D eigenvalue weighted by molar-refractivity contribution is 5.74. The Morgan fingerprint density at radius 2 is 1.95 bits per heavy atom. The molecule has 0 unspecified atom stereocenters. The summed E-state index contributed by atoms with van der Waals surface area (Å²) in [6.07, 6.45) is 4.54. The monoisotopic (exact) mass is 292 g/mol. The normalized spacial score (nSPS) is 28.2. The predicted molar refractivity (Wildman–Crippen MR) is 77.6 cm³/mol. The van der Waals surface area contributed by atoms with Crippen molar-refractivity contribution in [3.8, 4) is 0 Å². The molecule has 6 nitrogen and oxygen atoms in total. The first kappa shape index (κ1) is 14.5. The van der Waals surface area contributed by atoms with Crippen LogP contribution in [0.1, 0.15) is 57.4 Å². The zero-order valence-corrected chi connectivity index (χ0v) is 13.1. The van der Waals surface area contributed by atoms with E-state index in [-0.39, 0.29) is 11.9 Å². The Bertz CT molecular complexity index is 516. The fourth-order valence-electron chi connectivity index (χ4n) is 3.91. The van der Waals surface area contributed by atoms with Crippen molar-refractivity contribution in [3.63, 3.8) is 0 Å². The minimum absolute atomic E-state index is 0.119. The number of carbonyl (C=O) groups is 1. The number of nitrogens with zero attached hydrogens (tertiary/aromatic N) is 4. The van der Waals surface area contributed by atoms with E-state index in [2.05, 4.69) is 26.9 Å². The van der Waals surface area contributed by atoms with Gasteiger partial charge in [-0.05, 0) is 39.2 Å². The van der Waals surface area contributed by atoms with Crippen molar-refractivity contribution in [2.45, 2.75) is 64.6 Å². The lowest BCUT2D eigenvalue weighted by Gasteiger charge is -2.36. The maximum absolute atomic E-state index is 11.8. The SMILES string of the molecule is CC(=O)N1CCC[C@@H]1[C@H]1CCCN1[C@H](C)c1nnc(C)o1. The van der Waals surface area contributed by atoms with Crippen LogP contribution in [0.2, 0.25) is 0 Å². The number of carbonyl (C=O) groups excluding carboxylic acids is 1. The van der Waals surface area contributed by atoms with Crippen molar-refractivity contribution in [2.75, 3.05) is 13.1 Å². The summed E-state index contributed by atoms with van der Waals surface area (Å²) >= 11 is 0. The molecular weight excluding hydrogens is 268 g/mol. The highest BCUT2D eigenvalue weighted by Gasteiger charge is 2.41.